The Morgan fingerprint density at radius 3 is 2.58 bits per heavy atom. The van der Waals surface area contributed by atoms with Gasteiger partial charge in [-0.15, -0.1) is 0 Å². The van der Waals surface area contributed by atoms with Crippen molar-refractivity contribution in [3.05, 3.63) is 0 Å². The van der Waals surface area contributed by atoms with Gasteiger partial charge in [0, 0.05) is 19.2 Å². The molecule has 1 unspecified atom stereocenters. The molecule has 3 heterocycles. The molecule has 0 saturated carbocycles. The minimum Gasteiger partial charge on any atom is -0.396 e. The monoisotopic (exact) mass is 271 g/mol. The number of hydrogen-bond acceptors (Lipinski definition) is 5. The second-order valence-corrected chi connectivity index (χ2v) is 6.28. The summed E-state index contributed by atoms with van der Waals surface area (Å²) < 4.78 is 11.4. The van der Waals surface area contributed by atoms with Crippen LogP contribution in [0.5, 0.6) is 0 Å². The summed E-state index contributed by atoms with van der Waals surface area (Å²) in [5, 5.41) is 19.0. The molecule has 1 spiro atoms. The molecule has 0 aliphatic carbocycles. The first-order valence-electron chi connectivity index (χ1n) is 7.48. The van der Waals surface area contributed by atoms with Gasteiger partial charge >= 0.3 is 0 Å². The van der Waals surface area contributed by atoms with E-state index in [4.69, 9.17) is 9.47 Å². The summed E-state index contributed by atoms with van der Waals surface area (Å²) in [5.41, 5.74) is 0.00550. The predicted molar refractivity (Wildman–Crippen MR) is 69.9 cm³/mol. The van der Waals surface area contributed by atoms with Gasteiger partial charge in [-0.25, -0.2) is 0 Å². The first-order chi connectivity index (χ1) is 9.26. The van der Waals surface area contributed by atoms with Gasteiger partial charge in [0.2, 0.25) is 0 Å². The Morgan fingerprint density at radius 1 is 1.16 bits per heavy atom. The van der Waals surface area contributed by atoms with E-state index in [9.17, 15) is 10.2 Å². The number of hydrogen-bond donors (Lipinski definition) is 2. The summed E-state index contributed by atoms with van der Waals surface area (Å²) >= 11 is 0. The van der Waals surface area contributed by atoms with Crippen LogP contribution in [0.4, 0.5) is 0 Å². The Bertz CT molecular complexity index is 308. The second-order valence-electron chi connectivity index (χ2n) is 6.28. The Hall–Kier alpha value is -0.200. The zero-order valence-corrected chi connectivity index (χ0v) is 11.5. The zero-order valence-electron chi connectivity index (χ0n) is 11.5. The molecular weight excluding hydrogens is 246 g/mol. The van der Waals surface area contributed by atoms with Crippen molar-refractivity contribution in [2.45, 2.75) is 43.4 Å². The van der Waals surface area contributed by atoms with Crippen LogP contribution in [-0.2, 0) is 9.47 Å². The van der Waals surface area contributed by atoms with Crippen molar-refractivity contribution < 1.29 is 19.7 Å². The van der Waals surface area contributed by atoms with Gasteiger partial charge in [-0.05, 0) is 38.1 Å². The Balaban J connectivity index is 1.56. The molecule has 110 valence electrons. The molecule has 0 amide bonds. The van der Waals surface area contributed by atoms with Crippen LogP contribution >= 0.6 is 0 Å². The van der Waals surface area contributed by atoms with Gasteiger partial charge in [-0.1, -0.05) is 0 Å². The number of piperidine rings is 1. The molecule has 2 N–H and O–H groups in total. The minimum absolute atomic E-state index is 0.00550. The first-order valence-corrected chi connectivity index (χ1v) is 7.48. The maximum absolute atomic E-state index is 9.58. The minimum atomic E-state index is 0.00550. The predicted octanol–water partition coefficient (Wildman–Crippen LogP) is -0.000400. The molecule has 0 radical (unpaired) electrons. The van der Waals surface area contributed by atoms with E-state index in [0.717, 1.165) is 52.0 Å². The van der Waals surface area contributed by atoms with E-state index >= 15 is 0 Å². The van der Waals surface area contributed by atoms with E-state index < -0.39 is 0 Å². The highest BCUT2D eigenvalue weighted by Crippen LogP contribution is 2.37. The van der Waals surface area contributed by atoms with Gasteiger partial charge in [0.25, 0.3) is 0 Å². The van der Waals surface area contributed by atoms with Gasteiger partial charge < -0.3 is 19.7 Å². The summed E-state index contributed by atoms with van der Waals surface area (Å²) in [5.74, 6) is 0.209. The van der Waals surface area contributed by atoms with Crippen molar-refractivity contribution in [3.63, 3.8) is 0 Å². The van der Waals surface area contributed by atoms with Crippen molar-refractivity contribution in [2.75, 3.05) is 39.5 Å². The molecular formula is C14H25NO4. The molecule has 3 saturated heterocycles. The number of ether oxygens (including phenoxy) is 2. The van der Waals surface area contributed by atoms with Crippen molar-refractivity contribution >= 4 is 0 Å². The molecule has 5 heteroatoms. The highest BCUT2D eigenvalue weighted by molar-refractivity contribution is 4.96. The van der Waals surface area contributed by atoms with E-state index in [1.807, 2.05) is 0 Å². The third-order valence-electron chi connectivity index (χ3n) is 4.96. The fraction of sp³-hybridized carbons (Fsp3) is 1.00. The van der Waals surface area contributed by atoms with Crippen LogP contribution in [0, 0.1) is 5.92 Å². The van der Waals surface area contributed by atoms with Crippen LogP contribution in [-0.4, -0.2) is 72.4 Å². The number of rotatable bonds is 4. The second kappa shape index (κ2) is 5.66. The van der Waals surface area contributed by atoms with Gasteiger partial charge in [0.05, 0.1) is 25.9 Å². The van der Waals surface area contributed by atoms with Crippen LogP contribution in [0.2, 0.25) is 0 Å². The maximum Gasteiger partial charge on any atom is 0.115 e. The average Bonchev–Trinajstić information content (AvgIpc) is 2.82. The van der Waals surface area contributed by atoms with E-state index in [1.54, 1.807) is 0 Å². The molecule has 3 rings (SSSR count). The highest BCUT2D eigenvalue weighted by Gasteiger charge is 2.47. The van der Waals surface area contributed by atoms with Gasteiger partial charge in [0.15, 0.2) is 0 Å². The molecule has 3 aliphatic heterocycles. The molecule has 3 aliphatic rings. The molecule has 5 nitrogen and oxygen atoms in total. The Morgan fingerprint density at radius 2 is 2.00 bits per heavy atom. The van der Waals surface area contributed by atoms with E-state index in [1.165, 1.54) is 0 Å². The number of aliphatic hydroxyl groups excluding tert-OH is 2. The smallest absolute Gasteiger partial charge is 0.115 e. The summed E-state index contributed by atoms with van der Waals surface area (Å²) in [4.78, 5) is 2.31. The molecule has 3 atom stereocenters. The molecule has 3 fully saturated rings. The number of nitrogens with zero attached hydrogens (tertiary/aromatic N) is 1. The Labute approximate surface area is 114 Å². The summed E-state index contributed by atoms with van der Waals surface area (Å²) in [6.45, 7) is 3.67. The van der Waals surface area contributed by atoms with Crippen LogP contribution in [0.3, 0.4) is 0 Å². The average molecular weight is 271 g/mol. The quantitative estimate of drug-likeness (QED) is 0.753. The summed E-state index contributed by atoms with van der Waals surface area (Å²) in [6, 6.07) is 0.0940. The van der Waals surface area contributed by atoms with Crippen molar-refractivity contribution in [1.82, 2.24) is 4.90 Å². The zero-order chi connectivity index (χ0) is 13.3. The lowest BCUT2D eigenvalue weighted by Crippen LogP contribution is -2.53. The molecule has 19 heavy (non-hydrogen) atoms. The fourth-order valence-corrected chi connectivity index (χ4v) is 3.74. The van der Waals surface area contributed by atoms with E-state index in [2.05, 4.69) is 4.90 Å². The van der Waals surface area contributed by atoms with Gasteiger partial charge in [0.1, 0.15) is 5.60 Å². The molecule has 0 aromatic heterocycles. The van der Waals surface area contributed by atoms with Crippen LogP contribution in [0.15, 0.2) is 0 Å². The van der Waals surface area contributed by atoms with Gasteiger partial charge in [-0.3, -0.25) is 4.90 Å². The Kier molecular flexibility index (Phi) is 4.10. The summed E-state index contributed by atoms with van der Waals surface area (Å²) in [7, 11) is 0. The molecule has 0 bridgehead atoms. The van der Waals surface area contributed by atoms with Crippen LogP contribution < -0.4 is 0 Å². The largest absolute Gasteiger partial charge is 0.396 e. The fourth-order valence-electron chi connectivity index (χ4n) is 3.74. The van der Waals surface area contributed by atoms with Crippen molar-refractivity contribution in [2.24, 2.45) is 5.92 Å². The first kappa shape index (κ1) is 13.8. The van der Waals surface area contributed by atoms with Crippen LogP contribution in [0.1, 0.15) is 25.7 Å². The standard InChI is InChI=1S/C14H25NO4/c16-7-11-2-1-5-15(13(11)8-17)6-12-3-4-14(19-12)9-18-10-14/h11-13,16-17H,1-10H2/t11-,12?,13+/m0/s1. The van der Waals surface area contributed by atoms with Crippen molar-refractivity contribution in [1.29, 1.82) is 0 Å². The topological polar surface area (TPSA) is 62.2 Å². The normalized spacial score (nSPS) is 38.5. The molecule has 0 aromatic carbocycles. The lowest BCUT2D eigenvalue weighted by atomic mass is 9.90. The maximum atomic E-state index is 9.58. The highest BCUT2D eigenvalue weighted by atomic mass is 16.6. The van der Waals surface area contributed by atoms with E-state index in [-0.39, 0.29) is 36.9 Å². The summed E-state index contributed by atoms with van der Waals surface area (Å²) in [6.07, 6.45) is 4.56. The number of aliphatic hydroxyl groups is 2. The lowest BCUT2D eigenvalue weighted by Gasteiger charge is -2.42. The molecule has 0 aromatic rings. The van der Waals surface area contributed by atoms with E-state index in [0.29, 0.717) is 0 Å². The SMILES string of the molecule is OC[C@@H]1CCCN(CC2CCC3(COC3)O2)[C@@H]1CO. The van der Waals surface area contributed by atoms with Crippen LogP contribution in [0.25, 0.3) is 0 Å². The van der Waals surface area contributed by atoms with Crippen molar-refractivity contribution in [3.8, 4) is 0 Å². The number of likely N-dealkylation sites (tertiary alicyclic amines) is 1. The van der Waals surface area contributed by atoms with Gasteiger partial charge in [-0.2, -0.15) is 0 Å². The third-order valence-corrected chi connectivity index (χ3v) is 4.96. The third kappa shape index (κ3) is 2.67. The lowest BCUT2D eigenvalue weighted by molar-refractivity contribution is -0.203.